The van der Waals surface area contributed by atoms with Crippen molar-refractivity contribution in [2.45, 2.75) is 13.0 Å². The fourth-order valence-corrected chi connectivity index (χ4v) is 3.79. The highest BCUT2D eigenvalue weighted by Gasteiger charge is 2.14. The molecule has 0 bridgehead atoms. The minimum absolute atomic E-state index is 0.283. The molecule has 3 heterocycles. The standard InChI is InChI=1S/C23H19ClN4O3/c24-17-5-2-1-4-15(17)16-8-9-25-21-20(16)22(29)28-23(27-21)26-13-14-6-7-18-19(12-14)31-11-3-10-30-18/h1-2,4-9,12H,3,10-11,13H2,(H2,25,26,27,28,29). The summed E-state index contributed by atoms with van der Waals surface area (Å²) in [6.07, 6.45) is 2.48. The van der Waals surface area contributed by atoms with E-state index in [1.807, 2.05) is 36.4 Å². The number of hydrogen-bond donors (Lipinski definition) is 2. The van der Waals surface area contributed by atoms with E-state index in [9.17, 15) is 4.79 Å². The normalized spacial score (nSPS) is 13.1. The third-order valence-corrected chi connectivity index (χ3v) is 5.37. The molecule has 7 nitrogen and oxygen atoms in total. The van der Waals surface area contributed by atoms with Gasteiger partial charge in [-0.3, -0.25) is 9.78 Å². The average Bonchev–Trinajstić information content (AvgIpc) is 3.02. The second kappa shape index (κ2) is 8.28. The largest absolute Gasteiger partial charge is 0.490 e. The van der Waals surface area contributed by atoms with Gasteiger partial charge in [0.2, 0.25) is 5.95 Å². The van der Waals surface area contributed by atoms with Crippen molar-refractivity contribution in [1.29, 1.82) is 0 Å². The number of rotatable bonds is 4. The smallest absolute Gasteiger partial charge is 0.262 e. The Morgan fingerprint density at radius 2 is 1.87 bits per heavy atom. The third kappa shape index (κ3) is 3.92. The first kappa shape index (κ1) is 19.4. The first-order valence-corrected chi connectivity index (χ1v) is 10.3. The molecule has 2 aromatic carbocycles. The van der Waals surface area contributed by atoms with Gasteiger partial charge in [-0.25, -0.2) is 4.98 Å². The molecule has 0 saturated heterocycles. The van der Waals surface area contributed by atoms with E-state index in [4.69, 9.17) is 21.1 Å². The zero-order chi connectivity index (χ0) is 21.2. The van der Waals surface area contributed by atoms with Crippen LogP contribution in [0.25, 0.3) is 22.2 Å². The Morgan fingerprint density at radius 1 is 1.03 bits per heavy atom. The van der Waals surface area contributed by atoms with Crippen molar-refractivity contribution in [2.24, 2.45) is 0 Å². The average molecular weight is 435 g/mol. The van der Waals surface area contributed by atoms with Gasteiger partial charge in [0, 0.05) is 35.3 Å². The van der Waals surface area contributed by atoms with Crippen molar-refractivity contribution in [3.63, 3.8) is 0 Å². The number of pyridine rings is 1. The van der Waals surface area contributed by atoms with Gasteiger partial charge >= 0.3 is 0 Å². The van der Waals surface area contributed by atoms with Crippen molar-refractivity contribution in [1.82, 2.24) is 15.0 Å². The van der Waals surface area contributed by atoms with Crippen LogP contribution >= 0.6 is 11.6 Å². The maximum Gasteiger partial charge on any atom is 0.262 e. The van der Waals surface area contributed by atoms with Gasteiger partial charge in [-0.2, -0.15) is 4.98 Å². The zero-order valence-corrected chi connectivity index (χ0v) is 17.3. The van der Waals surface area contributed by atoms with Gasteiger partial charge in [0.25, 0.3) is 5.56 Å². The summed E-state index contributed by atoms with van der Waals surface area (Å²) in [4.78, 5) is 24.5. The molecule has 0 atom stereocenters. The van der Waals surface area contributed by atoms with Crippen LogP contribution in [0.4, 0.5) is 5.95 Å². The van der Waals surface area contributed by atoms with Crippen LogP contribution in [0.5, 0.6) is 11.5 Å². The quantitative estimate of drug-likeness (QED) is 0.494. The fraction of sp³-hybridized carbons (Fsp3) is 0.174. The molecule has 31 heavy (non-hydrogen) atoms. The molecule has 0 amide bonds. The van der Waals surface area contributed by atoms with Crippen LogP contribution in [0.2, 0.25) is 5.02 Å². The van der Waals surface area contributed by atoms with Crippen molar-refractivity contribution in [3.8, 4) is 22.6 Å². The number of halogens is 1. The molecule has 2 N–H and O–H groups in total. The molecule has 1 aliphatic rings. The van der Waals surface area contributed by atoms with Crippen molar-refractivity contribution < 1.29 is 9.47 Å². The van der Waals surface area contributed by atoms with Crippen LogP contribution in [0.1, 0.15) is 12.0 Å². The third-order valence-electron chi connectivity index (χ3n) is 5.04. The number of aromatic amines is 1. The second-order valence-electron chi connectivity index (χ2n) is 7.14. The van der Waals surface area contributed by atoms with E-state index in [1.54, 1.807) is 18.3 Å². The van der Waals surface area contributed by atoms with E-state index in [0.717, 1.165) is 29.0 Å². The molecule has 0 fully saturated rings. The van der Waals surface area contributed by atoms with Crippen LogP contribution in [-0.4, -0.2) is 28.2 Å². The monoisotopic (exact) mass is 434 g/mol. The van der Waals surface area contributed by atoms with Crippen LogP contribution in [-0.2, 0) is 6.54 Å². The van der Waals surface area contributed by atoms with Gasteiger partial charge in [0.1, 0.15) is 0 Å². The fourth-order valence-electron chi connectivity index (χ4n) is 3.55. The molecule has 0 saturated carbocycles. The van der Waals surface area contributed by atoms with Gasteiger partial charge in [-0.05, 0) is 29.8 Å². The van der Waals surface area contributed by atoms with E-state index < -0.39 is 0 Å². The summed E-state index contributed by atoms with van der Waals surface area (Å²) in [5, 5.41) is 4.12. The summed E-state index contributed by atoms with van der Waals surface area (Å²) < 4.78 is 11.4. The zero-order valence-electron chi connectivity index (χ0n) is 16.5. The lowest BCUT2D eigenvalue weighted by Crippen LogP contribution is -2.14. The number of aromatic nitrogens is 3. The molecule has 8 heteroatoms. The van der Waals surface area contributed by atoms with Crippen LogP contribution in [0.15, 0.2) is 59.5 Å². The molecular weight excluding hydrogens is 416 g/mol. The van der Waals surface area contributed by atoms with Crippen molar-refractivity contribution in [2.75, 3.05) is 18.5 Å². The highest BCUT2D eigenvalue weighted by Crippen LogP contribution is 2.32. The van der Waals surface area contributed by atoms with Crippen LogP contribution in [0.3, 0.4) is 0 Å². The second-order valence-corrected chi connectivity index (χ2v) is 7.54. The predicted molar refractivity (Wildman–Crippen MR) is 120 cm³/mol. The Balaban J connectivity index is 1.44. The highest BCUT2D eigenvalue weighted by atomic mass is 35.5. The highest BCUT2D eigenvalue weighted by molar-refractivity contribution is 6.33. The summed E-state index contributed by atoms with van der Waals surface area (Å²) in [6.45, 7) is 1.73. The van der Waals surface area contributed by atoms with E-state index >= 15 is 0 Å². The van der Waals surface area contributed by atoms with Gasteiger partial charge < -0.3 is 14.8 Å². The maximum absolute atomic E-state index is 12.9. The van der Waals surface area contributed by atoms with Gasteiger partial charge in [-0.15, -0.1) is 0 Å². The van der Waals surface area contributed by atoms with E-state index in [0.29, 0.717) is 47.3 Å². The predicted octanol–water partition coefficient (Wildman–Crippen LogP) is 4.41. The number of fused-ring (bicyclic) bond motifs is 2. The molecule has 0 aliphatic carbocycles. The summed E-state index contributed by atoms with van der Waals surface area (Å²) in [5.41, 5.74) is 2.50. The number of nitrogens with one attached hydrogen (secondary N) is 2. The SMILES string of the molecule is O=c1[nH]c(NCc2ccc3c(c2)OCCCO3)nc2nccc(-c3ccccc3Cl)c12. The summed E-state index contributed by atoms with van der Waals surface area (Å²) in [5.74, 6) is 1.81. The lowest BCUT2D eigenvalue weighted by molar-refractivity contribution is 0.297. The molecule has 2 aromatic heterocycles. The molecule has 0 spiro atoms. The summed E-state index contributed by atoms with van der Waals surface area (Å²) in [7, 11) is 0. The topological polar surface area (TPSA) is 89.1 Å². The van der Waals surface area contributed by atoms with Gasteiger partial charge in [0.15, 0.2) is 17.1 Å². The Labute approximate surface area is 183 Å². The van der Waals surface area contributed by atoms with Crippen LogP contribution < -0.4 is 20.3 Å². The van der Waals surface area contributed by atoms with Gasteiger partial charge in [-0.1, -0.05) is 35.9 Å². The number of H-pyrrole nitrogens is 1. The number of nitrogens with zero attached hydrogens (tertiary/aromatic N) is 2. The summed E-state index contributed by atoms with van der Waals surface area (Å²) in [6, 6.07) is 14.9. The van der Waals surface area contributed by atoms with E-state index in [1.165, 1.54) is 0 Å². The Morgan fingerprint density at radius 3 is 2.74 bits per heavy atom. The minimum Gasteiger partial charge on any atom is -0.490 e. The number of benzene rings is 2. The first-order valence-electron chi connectivity index (χ1n) is 9.95. The molecule has 4 aromatic rings. The number of anilines is 1. The minimum atomic E-state index is -0.283. The van der Waals surface area contributed by atoms with Crippen molar-refractivity contribution in [3.05, 3.63) is 75.7 Å². The Hall–Kier alpha value is -3.58. The molecule has 0 radical (unpaired) electrons. The van der Waals surface area contributed by atoms with Gasteiger partial charge in [0.05, 0.1) is 18.6 Å². The summed E-state index contributed by atoms with van der Waals surface area (Å²) >= 11 is 6.34. The molecular formula is C23H19ClN4O3. The Bertz CT molecular complexity index is 1320. The van der Waals surface area contributed by atoms with Crippen molar-refractivity contribution >= 4 is 28.6 Å². The molecule has 0 unspecified atom stereocenters. The number of ether oxygens (including phenoxy) is 2. The van der Waals surface area contributed by atoms with E-state index in [2.05, 4.69) is 20.3 Å². The first-order chi connectivity index (χ1) is 15.2. The van der Waals surface area contributed by atoms with Crippen LogP contribution in [0, 0.1) is 0 Å². The molecule has 1 aliphatic heterocycles. The lowest BCUT2D eigenvalue weighted by Gasteiger charge is -2.11. The molecule has 156 valence electrons. The maximum atomic E-state index is 12.9. The lowest BCUT2D eigenvalue weighted by atomic mass is 10.0. The van der Waals surface area contributed by atoms with E-state index in [-0.39, 0.29) is 5.56 Å². The molecule has 5 rings (SSSR count). The number of hydrogen-bond acceptors (Lipinski definition) is 6. The Kier molecular flexibility index (Phi) is 5.18.